The molecule has 2 fully saturated rings. The number of carbonyl (C=O) groups excluding carboxylic acids is 4. The van der Waals surface area contributed by atoms with E-state index in [0.29, 0.717) is 25.2 Å². The van der Waals surface area contributed by atoms with E-state index < -0.39 is 6.09 Å². The van der Waals surface area contributed by atoms with E-state index in [0.717, 1.165) is 17.7 Å². The Labute approximate surface area is 197 Å². The number of rotatable bonds is 7. The molecule has 0 radical (unpaired) electrons. The van der Waals surface area contributed by atoms with Crippen molar-refractivity contribution in [1.29, 1.82) is 0 Å². The lowest BCUT2D eigenvalue weighted by Crippen LogP contribution is -2.39. The molecule has 2 saturated heterocycles. The predicted molar refractivity (Wildman–Crippen MR) is 123 cm³/mol. The summed E-state index contributed by atoms with van der Waals surface area (Å²) < 4.78 is 5.31. The van der Waals surface area contributed by atoms with Gasteiger partial charge >= 0.3 is 6.09 Å². The third-order valence-corrected chi connectivity index (χ3v) is 5.99. The van der Waals surface area contributed by atoms with E-state index in [9.17, 15) is 19.2 Å². The Kier molecular flexibility index (Phi) is 7.05. The van der Waals surface area contributed by atoms with E-state index >= 15 is 0 Å². The monoisotopic (exact) mass is 465 g/mol. The second kappa shape index (κ2) is 10.3. The number of hydrogen-bond donors (Lipinski definition) is 2. The fourth-order valence-electron chi connectivity index (χ4n) is 4.15. The van der Waals surface area contributed by atoms with Gasteiger partial charge in [0.25, 0.3) is 5.91 Å². The molecule has 0 aliphatic carbocycles. The largest absolute Gasteiger partial charge is 0.442 e. The van der Waals surface area contributed by atoms with Gasteiger partial charge in [-0.1, -0.05) is 12.1 Å². The number of nitrogens with one attached hydrogen (secondary N) is 2. The molecule has 4 amide bonds. The van der Waals surface area contributed by atoms with Gasteiger partial charge in [0.1, 0.15) is 6.10 Å². The van der Waals surface area contributed by atoms with Crippen molar-refractivity contribution >= 4 is 29.5 Å². The molecular weight excluding hydrogens is 438 g/mol. The Balaban J connectivity index is 1.28. The lowest BCUT2D eigenvalue weighted by atomic mass is 9.98. The van der Waals surface area contributed by atoms with Crippen LogP contribution in [0.2, 0.25) is 0 Å². The molecule has 10 nitrogen and oxygen atoms in total. The molecule has 2 atom stereocenters. The number of anilines is 1. The second-order valence-electron chi connectivity index (χ2n) is 8.39. The molecule has 10 heteroatoms. The average Bonchev–Trinajstić information content (AvgIpc) is 3.49. The molecule has 2 N–H and O–H groups in total. The first kappa shape index (κ1) is 23.2. The minimum atomic E-state index is -0.436. The molecule has 2 aliphatic rings. The summed E-state index contributed by atoms with van der Waals surface area (Å²) in [6, 6.07) is 11.0. The molecule has 1 unspecified atom stereocenters. The zero-order valence-electron chi connectivity index (χ0n) is 18.9. The summed E-state index contributed by atoms with van der Waals surface area (Å²) in [5.74, 6) is -0.433. The molecule has 0 bridgehead atoms. The molecule has 4 rings (SSSR count). The van der Waals surface area contributed by atoms with Crippen molar-refractivity contribution in [3.05, 3.63) is 59.9 Å². The summed E-state index contributed by atoms with van der Waals surface area (Å²) in [6.07, 6.45) is 3.05. The van der Waals surface area contributed by atoms with Crippen molar-refractivity contribution < 1.29 is 23.9 Å². The number of benzene rings is 1. The van der Waals surface area contributed by atoms with Gasteiger partial charge in [-0.15, -0.1) is 0 Å². The normalized spacial score (nSPS) is 19.6. The Morgan fingerprint density at radius 1 is 1.12 bits per heavy atom. The highest BCUT2D eigenvalue weighted by molar-refractivity contribution is 5.96. The lowest BCUT2D eigenvalue weighted by Gasteiger charge is -2.18. The van der Waals surface area contributed by atoms with Crippen molar-refractivity contribution in [2.24, 2.45) is 0 Å². The van der Waals surface area contributed by atoms with Crippen molar-refractivity contribution in [3.8, 4) is 0 Å². The number of hydrogen-bond acceptors (Lipinski definition) is 6. The van der Waals surface area contributed by atoms with Crippen LogP contribution in [0.5, 0.6) is 0 Å². The van der Waals surface area contributed by atoms with Gasteiger partial charge in [0.2, 0.25) is 11.8 Å². The number of amides is 4. The highest BCUT2D eigenvalue weighted by Crippen LogP contribution is 2.30. The van der Waals surface area contributed by atoms with Crippen LogP contribution in [0.4, 0.5) is 10.5 Å². The van der Waals surface area contributed by atoms with Crippen molar-refractivity contribution in [1.82, 2.24) is 20.5 Å². The van der Waals surface area contributed by atoms with Crippen molar-refractivity contribution in [2.75, 3.05) is 37.6 Å². The van der Waals surface area contributed by atoms with Gasteiger partial charge < -0.3 is 20.3 Å². The summed E-state index contributed by atoms with van der Waals surface area (Å²) in [6.45, 7) is 3.21. The number of aromatic nitrogens is 1. The minimum absolute atomic E-state index is 0.0594. The van der Waals surface area contributed by atoms with Crippen LogP contribution >= 0.6 is 0 Å². The van der Waals surface area contributed by atoms with Crippen LogP contribution in [0.15, 0.2) is 48.8 Å². The first-order valence-corrected chi connectivity index (χ1v) is 11.2. The first-order chi connectivity index (χ1) is 16.4. The topological polar surface area (TPSA) is 121 Å². The zero-order valence-corrected chi connectivity index (χ0v) is 18.9. The van der Waals surface area contributed by atoms with E-state index in [-0.39, 0.29) is 42.8 Å². The average molecular weight is 466 g/mol. The predicted octanol–water partition coefficient (Wildman–Crippen LogP) is 1.29. The third-order valence-electron chi connectivity index (χ3n) is 5.99. The summed E-state index contributed by atoms with van der Waals surface area (Å²) in [7, 11) is 0. The third kappa shape index (κ3) is 5.51. The van der Waals surface area contributed by atoms with Crippen LogP contribution < -0.4 is 15.5 Å². The van der Waals surface area contributed by atoms with E-state index in [1.165, 1.54) is 13.1 Å². The molecular formula is C24H27N5O5. The molecule has 3 heterocycles. The van der Waals surface area contributed by atoms with Crippen molar-refractivity contribution in [2.45, 2.75) is 25.4 Å². The lowest BCUT2D eigenvalue weighted by molar-refractivity contribution is -0.129. The summed E-state index contributed by atoms with van der Waals surface area (Å²) >= 11 is 0. The van der Waals surface area contributed by atoms with Crippen LogP contribution in [0.3, 0.4) is 0 Å². The Morgan fingerprint density at radius 3 is 2.62 bits per heavy atom. The molecule has 1 aromatic carbocycles. The van der Waals surface area contributed by atoms with E-state index in [1.54, 1.807) is 28.1 Å². The second-order valence-corrected chi connectivity index (χ2v) is 8.39. The SMILES string of the molecule is CC(=O)NC[C@H]1CN(c2ccc(C3CCN(C(=O)CNC(=O)c4cccnc4)C3)cc2)C(=O)O1. The summed E-state index contributed by atoms with van der Waals surface area (Å²) in [4.78, 5) is 55.2. The quantitative estimate of drug-likeness (QED) is 0.636. The van der Waals surface area contributed by atoms with Crippen LogP contribution in [0.25, 0.3) is 0 Å². The van der Waals surface area contributed by atoms with Crippen LogP contribution in [0.1, 0.15) is 35.2 Å². The number of carbonyl (C=O) groups is 4. The maximum Gasteiger partial charge on any atom is 0.414 e. The number of nitrogens with zero attached hydrogens (tertiary/aromatic N) is 3. The standard InChI is InChI=1S/C24H27N5O5/c1-16(30)26-12-21-15-29(24(33)34-21)20-6-4-17(5-7-20)19-8-10-28(14-19)22(31)13-27-23(32)18-3-2-9-25-11-18/h2-7,9,11,19,21H,8,10,12-15H2,1H3,(H,26,30)(H,27,32)/t19?,21-/m0/s1. The maximum atomic E-state index is 12.6. The Bertz CT molecular complexity index is 1060. The van der Waals surface area contributed by atoms with Gasteiger partial charge in [0.05, 0.1) is 25.2 Å². The minimum Gasteiger partial charge on any atom is -0.442 e. The smallest absolute Gasteiger partial charge is 0.414 e. The molecule has 178 valence electrons. The molecule has 2 aliphatic heterocycles. The maximum absolute atomic E-state index is 12.6. The van der Waals surface area contributed by atoms with Crippen LogP contribution in [-0.2, 0) is 14.3 Å². The molecule has 2 aromatic rings. The van der Waals surface area contributed by atoms with Crippen LogP contribution in [0, 0.1) is 0 Å². The van der Waals surface area contributed by atoms with Gasteiger partial charge in [-0.2, -0.15) is 0 Å². The number of cyclic esters (lactones) is 1. The van der Waals surface area contributed by atoms with Crippen molar-refractivity contribution in [3.63, 3.8) is 0 Å². The van der Waals surface area contributed by atoms with Gasteiger partial charge in [-0.3, -0.25) is 24.3 Å². The summed E-state index contributed by atoms with van der Waals surface area (Å²) in [5, 5.41) is 5.31. The fourth-order valence-corrected chi connectivity index (χ4v) is 4.15. The highest BCUT2D eigenvalue weighted by Gasteiger charge is 2.33. The van der Waals surface area contributed by atoms with E-state index in [1.807, 2.05) is 24.3 Å². The highest BCUT2D eigenvalue weighted by atomic mass is 16.6. The zero-order chi connectivity index (χ0) is 24.1. The van der Waals surface area contributed by atoms with E-state index in [4.69, 9.17) is 4.74 Å². The molecule has 0 spiro atoms. The van der Waals surface area contributed by atoms with Gasteiger partial charge in [0, 0.05) is 44.0 Å². The number of ether oxygens (including phenoxy) is 1. The Morgan fingerprint density at radius 2 is 1.91 bits per heavy atom. The number of pyridine rings is 1. The summed E-state index contributed by atoms with van der Waals surface area (Å²) in [5.41, 5.74) is 2.22. The van der Waals surface area contributed by atoms with Crippen LogP contribution in [-0.4, -0.2) is 72.5 Å². The first-order valence-electron chi connectivity index (χ1n) is 11.2. The Hall–Kier alpha value is -3.95. The molecule has 1 aromatic heterocycles. The fraction of sp³-hybridized carbons (Fsp3) is 0.375. The number of likely N-dealkylation sites (tertiary alicyclic amines) is 1. The van der Waals surface area contributed by atoms with Gasteiger partial charge in [-0.05, 0) is 36.2 Å². The van der Waals surface area contributed by atoms with Gasteiger partial charge in [-0.25, -0.2) is 4.79 Å². The van der Waals surface area contributed by atoms with E-state index in [2.05, 4.69) is 15.6 Å². The molecule has 34 heavy (non-hydrogen) atoms. The molecule has 0 saturated carbocycles. The van der Waals surface area contributed by atoms with Gasteiger partial charge in [0.15, 0.2) is 0 Å².